The second-order valence-corrected chi connectivity index (χ2v) is 1.81. The molecule has 0 unspecified atom stereocenters. The number of hydrogen-bond donors (Lipinski definition) is 0. The minimum Gasteiger partial charge on any atom is -0.300 e. The van der Waals surface area contributed by atoms with E-state index in [0.29, 0.717) is 18.6 Å². The van der Waals surface area contributed by atoms with Crippen molar-refractivity contribution in [2.75, 3.05) is 0 Å². The first-order valence-electron chi connectivity index (χ1n) is 2.31. The van der Waals surface area contributed by atoms with Crippen molar-refractivity contribution in [1.29, 1.82) is 0 Å². The summed E-state index contributed by atoms with van der Waals surface area (Å²) in [4.78, 5) is 10.2. The lowest BCUT2D eigenvalue weighted by Crippen LogP contribution is -2.20. The van der Waals surface area contributed by atoms with E-state index in [2.05, 4.69) is 5.92 Å². The van der Waals surface area contributed by atoms with Gasteiger partial charge in [0.25, 0.3) is 0 Å². The molecule has 1 heteroatoms. The Morgan fingerprint density at radius 2 is 2.29 bits per heavy atom. The van der Waals surface area contributed by atoms with Crippen molar-refractivity contribution >= 4 is 5.78 Å². The van der Waals surface area contributed by atoms with Crippen molar-refractivity contribution in [2.45, 2.75) is 12.8 Å². The zero-order valence-corrected chi connectivity index (χ0v) is 3.98. The molecule has 0 bridgehead atoms. The van der Waals surface area contributed by atoms with E-state index in [-0.39, 0.29) is 5.92 Å². The molecule has 1 saturated carbocycles. The van der Waals surface area contributed by atoms with Crippen LogP contribution in [-0.2, 0) is 4.79 Å². The van der Waals surface area contributed by atoms with Crippen LogP contribution < -0.4 is 0 Å². The third-order valence-electron chi connectivity index (χ3n) is 1.18. The number of hydrogen-bond acceptors (Lipinski definition) is 1. The monoisotopic (exact) mass is 94.0 g/mol. The number of carbonyl (C=O) groups excluding carboxylic acids is 1. The molecule has 7 heavy (non-hydrogen) atoms. The van der Waals surface area contributed by atoms with Gasteiger partial charge in [-0.3, -0.25) is 4.79 Å². The van der Waals surface area contributed by atoms with E-state index >= 15 is 0 Å². The molecule has 0 aromatic rings. The molecule has 0 saturated heterocycles. The highest BCUT2D eigenvalue weighted by molar-refractivity contribution is 5.85. The predicted molar refractivity (Wildman–Crippen MR) is 26.6 cm³/mol. The van der Waals surface area contributed by atoms with Crippen LogP contribution in [0.1, 0.15) is 12.8 Å². The fourth-order valence-corrected chi connectivity index (χ4v) is 0.608. The Hall–Kier alpha value is -0.770. The second-order valence-electron chi connectivity index (χ2n) is 1.81. The molecule has 0 N–H and O–H groups in total. The minimum absolute atomic E-state index is 0.271. The number of carbonyl (C=O) groups is 1. The van der Waals surface area contributed by atoms with Crippen LogP contribution in [0.2, 0.25) is 0 Å². The summed E-state index contributed by atoms with van der Waals surface area (Å²) in [5, 5.41) is 0. The molecule has 0 aromatic heterocycles. The number of Topliss-reactive ketones (excluding diaryl/α,β-unsaturated/α-hetero) is 1. The maximum atomic E-state index is 10.2. The number of terminal acetylenes is 1. The molecular formula is C6H6O. The van der Waals surface area contributed by atoms with Gasteiger partial charge in [0.15, 0.2) is 0 Å². The molecule has 0 radical (unpaired) electrons. The summed E-state index contributed by atoms with van der Waals surface area (Å²) < 4.78 is 0. The van der Waals surface area contributed by atoms with E-state index in [0.717, 1.165) is 0 Å². The van der Waals surface area contributed by atoms with Crippen LogP contribution >= 0.6 is 0 Å². The van der Waals surface area contributed by atoms with E-state index in [4.69, 9.17) is 6.42 Å². The molecule has 0 spiro atoms. The zero-order valence-electron chi connectivity index (χ0n) is 3.98. The maximum absolute atomic E-state index is 10.2. The Kier molecular flexibility index (Phi) is 0.867. The molecule has 0 aliphatic heterocycles. The number of rotatable bonds is 0. The average Bonchev–Trinajstić information content (AvgIpc) is 1.58. The standard InChI is InChI=1S/C6H6O/c1-2-5-3-6(7)4-5/h1,5H,3-4H2. The lowest BCUT2D eigenvalue weighted by atomic mass is 9.85. The van der Waals surface area contributed by atoms with Gasteiger partial charge in [-0.15, -0.1) is 12.3 Å². The van der Waals surface area contributed by atoms with Gasteiger partial charge in [-0.25, -0.2) is 0 Å². The molecule has 1 aliphatic rings. The lowest BCUT2D eigenvalue weighted by Gasteiger charge is -2.16. The van der Waals surface area contributed by atoms with Crippen LogP contribution in [-0.4, -0.2) is 5.78 Å². The van der Waals surface area contributed by atoms with Crippen LogP contribution in [0.5, 0.6) is 0 Å². The van der Waals surface area contributed by atoms with Gasteiger partial charge in [-0.05, 0) is 0 Å². The molecule has 1 fully saturated rings. The van der Waals surface area contributed by atoms with Gasteiger partial charge in [0, 0.05) is 18.8 Å². The molecule has 1 aliphatic carbocycles. The minimum atomic E-state index is 0.271. The van der Waals surface area contributed by atoms with E-state index in [1.54, 1.807) is 0 Å². The lowest BCUT2D eigenvalue weighted by molar-refractivity contribution is -0.125. The maximum Gasteiger partial charge on any atom is 0.135 e. The first kappa shape index (κ1) is 4.39. The summed E-state index contributed by atoms with van der Waals surface area (Å²) in [5.41, 5.74) is 0. The van der Waals surface area contributed by atoms with Crippen LogP contribution in [0.15, 0.2) is 0 Å². The molecule has 0 atom stereocenters. The Bertz CT molecular complexity index is 122. The molecular weight excluding hydrogens is 88.1 g/mol. The summed E-state index contributed by atoms with van der Waals surface area (Å²) in [7, 11) is 0. The fraction of sp³-hybridized carbons (Fsp3) is 0.500. The van der Waals surface area contributed by atoms with E-state index in [1.807, 2.05) is 0 Å². The van der Waals surface area contributed by atoms with Crippen LogP contribution in [0.25, 0.3) is 0 Å². The molecule has 36 valence electrons. The average molecular weight is 94.1 g/mol. The second kappa shape index (κ2) is 1.38. The normalized spacial score (nSPS) is 20.7. The van der Waals surface area contributed by atoms with Gasteiger partial charge in [0.1, 0.15) is 5.78 Å². The van der Waals surface area contributed by atoms with Crippen molar-refractivity contribution in [2.24, 2.45) is 5.92 Å². The third-order valence-corrected chi connectivity index (χ3v) is 1.18. The van der Waals surface area contributed by atoms with Gasteiger partial charge in [-0.1, -0.05) is 0 Å². The summed E-state index contributed by atoms with van der Waals surface area (Å²) >= 11 is 0. The highest BCUT2D eigenvalue weighted by Crippen LogP contribution is 2.20. The number of ketones is 1. The Balaban J connectivity index is 2.34. The SMILES string of the molecule is C#CC1CC(=O)C1. The van der Waals surface area contributed by atoms with Gasteiger partial charge in [0.05, 0.1) is 0 Å². The molecule has 1 rings (SSSR count). The first-order chi connectivity index (χ1) is 3.33. The smallest absolute Gasteiger partial charge is 0.135 e. The summed E-state index contributed by atoms with van der Waals surface area (Å²) in [6, 6.07) is 0. The van der Waals surface area contributed by atoms with Crippen LogP contribution in [0.3, 0.4) is 0 Å². The van der Waals surface area contributed by atoms with Crippen molar-refractivity contribution in [3.05, 3.63) is 0 Å². The summed E-state index contributed by atoms with van der Waals surface area (Å²) in [6.07, 6.45) is 6.24. The first-order valence-corrected chi connectivity index (χ1v) is 2.31. The highest BCUT2D eigenvalue weighted by atomic mass is 16.1. The van der Waals surface area contributed by atoms with Crippen molar-refractivity contribution in [3.63, 3.8) is 0 Å². The largest absolute Gasteiger partial charge is 0.300 e. The molecule has 0 aromatic carbocycles. The Morgan fingerprint density at radius 3 is 2.43 bits per heavy atom. The van der Waals surface area contributed by atoms with E-state index < -0.39 is 0 Å². The predicted octanol–water partition coefficient (Wildman–Crippen LogP) is 0.599. The van der Waals surface area contributed by atoms with Crippen LogP contribution in [0.4, 0.5) is 0 Å². The van der Waals surface area contributed by atoms with Crippen molar-refractivity contribution in [3.8, 4) is 12.3 Å². The third kappa shape index (κ3) is 0.640. The Morgan fingerprint density at radius 1 is 1.71 bits per heavy atom. The molecule has 1 nitrogen and oxygen atoms in total. The highest BCUT2D eigenvalue weighted by Gasteiger charge is 2.23. The Labute approximate surface area is 42.7 Å². The zero-order chi connectivity index (χ0) is 5.28. The quantitative estimate of drug-likeness (QED) is 0.402. The van der Waals surface area contributed by atoms with Gasteiger partial charge in [0.2, 0.25) is 0 Å². The summed E-state index contributed by atoms with van der Waals surface area (Å²) in [6.45, 7) is 0. The summed E-state index contributed by atoms with van der Waals surface area (Å²) in [5.74, 6) is 3.09. The fourth-order valence-electron chi connectivity index (χ4n) is 0.608. The van der Waals surface area contributed by atoms with Gasteiger partial charge >= 0.3 is 0 Å². The topological polar surface area (TPSA) is 17.1 Å². The van der Waals surface area contributed by atoms with E-state index in [9.17, 15) is 4.79 Å². The van der Waals surface area contributed by atoms with Gasteiger partial charge < -0.3 is 0 Å². The van der Waals surface area contributed by atoms with Crippen LogP contribution in [0, 0.1) is 18.3 Å². The van der Waals surface area contributed by atoms with E-state index in [1.165, 1.54) is 0 Å². The van der Waals surface area contributed by atoms with Crippen molar-refractivity contribution in [1.82, 2.24) is 0 Å². The van der Waals surface area contributed by atoms with Crippen molar-refractivity contribution < 1.29 is 4.79 Å². The molecule has 0 heterocycles. The van der Waals surface area contributed by atoms with Gasteiger partial charge in [-0.2, -0.15) is 0 Å². The molecule has 0 amide bonds.